The van der Waals surface area contributed by atoms with Crippen LogP contribution in [-0.4, -0.2) is 4.57 Å². The molecule has 1 aromatic heterocycles. The van der Waals surface area contributed by atoms with Gasteiger partial charge in [0.25, 0.3) is 0 Å². The highest BCUT2D eigenvalue weighted by Gasteiger charge is 2.20. The van der Waals surface area contributed by atoms with E-state index < -0.39 is 0 Å². The monoisotopic (exact) mass is 688 g/mol. The van der Waals surface area contributed by atoms with Crippen LogP contribution < -0.4 is 4.90 Å². The summed E-state index contributed by atoms with van der Waals surface area (Å²) in [5, 5.41) is 4.97. The molecule has 10 aromatic rings. The first-order valence-electron chi connectivity index (χ1n) is 18.5. The number of hydrogen-bond acceptors (Lipinski definition) is 1. The molecule has 0 saturated carbocycles. The molecule has 0 N–H and O–H groups in total. The lowest BCUT2D eigenvalue weighted by molar-refractivity contribution is 1.18. The second-order valence-corrected chi connectivity index (χ2v) is 13.8. The number of fused-ring (bicyclic) bond motifs is 4. The molecule has 2 heteroatoms. The lowest BCUT2D eigenvalue weighted by Gasteiger charge is -2.26. The van der Waals surface area contributed by atoms with Crippen LogP contribution in [0.25, 0.3) is 71.6 Å². The zero-order valence-corrected chi connectivity index (χ0v) is 29.7. The van der Waals surface area contributed by atoms with Gasteiger partial charge in [0.05, 0.1) is 11.0 Å². The zero-order valence-electron chi connectivity index (χ0n) is 29.7. The number of rotatable bonds is 7. The summed E-state index contributed by atoms with van der Waals surface area (Å²) in [6.45, 7) is 0. The average Bonchev–Trinajstić information content (AvgIpc) is 3.58. The molecular weight excluding hydrogens is 653 g/mol. The summed E-state index contributed by atoms with van der Waals surface area (Å²) in [6.07, 6.45) is 0. The van der Waals surface area contributed by atoms with Gasteiger partial charge in [-0.2, -0.15) is 0 Å². The van der Waals surface area contributed by atoms with Crippen LogP contribution >= 0.6 is 0 Å². The van der Waals surface area contributed by atoms with Crippen LogP contribution in [0.3, 0.4) is 0 Å². The van der Waals surface area contributed by atoms with Crippen molar-refractivity contribution in [1.82, 2.24) is 4.57 Å². The van der Waals surface area contributed by atoms with E-state index in [4.69, 9.17) is 0 Å². The Morgan fingerprint density at radius 1 is 0.315 bits per heavy atom. The number of aromatic nitrogens is 1. The highest BCUT2D eigenvalue weighted by atomic mass is 15.1. The largest absolute Gasteiger partial charge is 0.310 e. The van der Waals surface area contributed by atoms with E-state index in [0.29, 0.717) is 0 Å². The Balaban J connectivity index is 1.14. The van der Waals surface area contributed by atoms with Crippen LogP contribution in [0.1, 0.15) is 0 Å². The Labute approximate surface area is 315 Å². The van der Waals surface area contributed by atoms with Crippen LogP contribution in [0.5, 0.6) is 0 Å². The van der Waals surface area contributed by atoms with Crippen molar-refractivity contribution in [3.8, 4) is 39.1 Å². The molecule has 0 fully saturated rings. The topological polar surface area (TPSA) is 8.17 Å². The predicted octanol–water partition coefficient (Wildman–Crippen LogP) is 14.4. The molecule has 0 aliphatic carbocycles. The van der Waals surface area contributed by atoms with Gasteiger partial charge >= 0.3 is 0 Å². The lowest BCUT2D eigenvalue weighted by atomic mass is 9.93. The molecular formula is C52H36N2. The van der Waals surface area contributed by atoms with Gasteiger partial charge in [-0.1, -0.05) is 152 Å². The van der Waals surface area contributed by atoms with Crippen LogP contribution in [0.4, 0.5) is 17.1 Å². The van der Waals surface area contributed by atoms with E-state index in [2.05, 4.69) is 228 Å². The van der Waals surface area contributed by atoms with Crippen molar-refractivity contribution in [2.45, 2.75) is 0 Å². The Bertz CT molecular complexity index is 2910. The molecule has 0 unspecified atom stereocenters. The van der Waals surface area contributed by atoms with Crippen LogP contribution in [0.15, 0.2) is 218 Å². The molecule has 0 spiro atoms. The third kappa shape index (κ3) is 5.53. The molecule has 0 aliphatic heterocycles. The minimum absolute atomic E-state index is 1.10. The van der Waals surface area contributed by atoms with Crippen molar-refractivity contribution in [3.63, 3.8) is 0 Å². The standard InChI is InChI=1S/C52H36N2/c1-4-16-37(17-5-1)39-19-14-20-40(34-39)38-30-32-45(33-31-38)53(43-22-6-2-7-23-43)46-26-15-21-42(35-46)51-47-27-11-10-18-41(47)36-50-52(51)48-28-12-13-29-49(48)54(50)44-24-8-3-9-25-44/h1-36H. The second-order valence-electron chi connectivity index (χ2n) is 13.8. The van der Waals surface area contributed by atoms with E-state index >= 15 is 0 Å². The van der Waals surface area contributed by atoms with Crippen molar-refractivity contribution in [3.05, 3.63) is 218 Å². The Morgan fingerprint density at radius 2 is 0.852 bits per heavy atom. The van der Waals surface area contributed by atoms with Crippen molar-refractivity contribution < 1.29 is 0 Å². The first-order chi connectivity index (χ1) is 26.8. The second kappa shape index (κ2) is 13.4. The first-order valence-corrected chi connectivity index (χ1v) is 18.5. The van der Waals surface area contributed by atoms with E-state index in [1.54, 1.807) is 0 Å². The molecule has 254 valence electrons. The highest BCUT2D eigenvalue weighted by molar-refractivity contribution is 6.23. The summed E-state index contributed by atoms with van der Waals surface area (Å²) in [4.78, 5) is 2.36. The van der Waals surface area contributed by atoms with Crippen molar-refractivity contribution >= 4 is 49.6 Å². The van der Waals surface area contributed by atoms with Gasteiger partial charge in [-0.25, -0.2) is 0 Å². The molecule has 54 heavy (non-hydrogen) atoms. The van der Waals surface area contributed by atoms with Gasteiger partial charge in [0.2, 0.25) is 0 Å². The maximum Gasteiger partial charge on any atom is 0.0553 e. The third-order valence-corrected chi connectivity index (χ3v) is 10.5. The molecule has 10 rings (SSSR count). The summed E-state index contributed by atoms with van der Waals surface area (Å²) in [7, 11) is 0. The summed E-state index contributed by atoms with van der Waals surface area (Å²) >= 11 is 0. The number of benzene rings is 9. The molecule has 9 aromatic carbocycles. The van der Waals surface area contributed by atoms with Crippen molar-refractivity contribution in [2.75, 3.05) is 4.90 Å². The fourth-order valence-electron chi connectivity index (χ4n) is 8.08. The lowest BCUT2D eigenvalue weighted by Crippen LogP contribution is -2.09. The number of anilines is 3. The summed E-state index contributed by atoms with van der Waals surface area (Å²) in [5.74, 6) is 0. The average molecular weight is 689 g/mol. The Morgan fingerprint density at radius 3 is 1.61 bits per heavy atom. The van der Waals surface area contributed by atoms with Crippen molar-refractivity contribution in [1.29, 1.82) is 0 Å². The van der Waals surface area contributed by atoms with Gasteiger partial charge in [0, 0.05) is 33.5 Å². The quantitative estimate of drug-likeness (QED) is 0.162. The van der Waals surface area contributed by atoms with Gasteiger partial charge in [-0.3, -0.25) is 0 Å². The molecule has 0 saturated heterocycles. The fourth-order valence-corrected chi connectivity index (χ4v) is 8.08. The van der Waals surface area contributed by atoms with Crippen LogP contribution in [0, 0.1) is 0 Å². The molecule has 1 heterocycles. The van der Waals surface area contributed by atoms with E-state index in [1.807, 2.05) is 0 Å². The van der Waals surface area contributed by atoms with E-state index in [-0.39, 0.29) is 0 Å². The van der Waals surface area contributed by atoms with Gasteiger partial charge in [-0.05, 0) is 111 Å². The fraction of sp³-hybridized carbons (Fsp3) is 0. The molecule has 0 radical (unpaired) electrons. The normalized spacial score (nSPS) is 11.3. The molecule has 0 aliphatic rings. The zero-order chi connectivity index (χ0) is 35.8. The Hall–Kier alpha value is -7.16. The number of nitrogens with zero attached hydrogens (tertiary/aromatic N) is 2. The van der Waals surface area contributed by atoms with Gasteiger partial charge in [-0.15, -0.1) is 0 Å². The molecule has 0 atom stereocenters. The molecule has 0 amide bonds. The smallest absolute Gasteiger partial charge is 0.0553 e. The minimum atomic E-state index is 1.10. The van der Waals surface area contributed by atoms with Crippen LogP contribution in [0.2, 0.25) is 0 Å². The number of para-hydroxylation sites is 3. The van der Waals surface area contributed by atoms with Crippen LogP contribution in [-0.2, 0) is 0 Å². The highest BCUT2D eigenvalue weighted by Crippen LogP contribution is 2.45. The Kier molecular flexibility index (Phi) is 7.85. The summed E-state index contributed by atoms with van der Waals surface area (Å²) in [6, 6.07) is 78.8. The number of hydrogen-bond donors (Lipinski definition) is 0. The molecule has 2 nitrogen and oxygen atoms in total. The van der Waals surface area contributed by atoms with Gasteiger partial charge in [0.15, 0.2) is 0 Å². The first kappa shape index (κ1) is 31.6. The summed E-state index contributed by atoms with van der Waals surface area (Å²) < 4.78 is 2.41. The van der Waals surface area contributed by atoms with Crippen molar-refractivity contribution in [2.24, 2.45) is 0 Å². The maximum atomic E-state index is 2.41. The van der Waals surface area contributed by atoms with E-state index in [1.165, 1.54) is 66.0 Å². The van der Waals surface area contributed by atoms with E-state index in [0.717, 1.165) is 22.7 Å². The summed E-state index contributed by atoms with van der Waals surface area (Å²) in [5.41, 5.74) is 14.1. The predicted molar refractivity (Wildman–Crippen MR) is 229 cm³/mol. The third-order valence-electron chi connectivity index (χ3n) is 10.5. The molecule has 0 bridgehead atoms. The van der Waals surface area contributed by atoms with Gasteiger partial charge in [0.1, 0.15) is 0 Å². The van der Waals surface area contributed by atoms with Gasteiger partial charge < -0.3 is 9.47 Å². The minimum Gasteiger partial charge on any atom is -0.310 e. The van der Waals surface area contributed by atoms with E-state index in [9.17, 15) is 0 Å². The maximum absolute atomic E-state index is 2.41. The SMILES string of the molecule is c1ccc(-c2cccc(-c3ccc(N(c4ccccc4)c4cccc(-c5c6ccccc6cc6c5c5ccccc5n6-c5ccccc5)c4)cc3)c2)cc1.